The summed E-state index contributed by atoms with van der Waals surface area (Å²) in [5, 5.41) is 3.45. The van der Waals surface area contributed by atoms with E-state index in [1.54, 1.807) is 19.1 Å². The number of hydrogen-bond donors (Lipinski definition) is 1. The Hall–Kier alpha value is -0.740. The van der Waals surface area contributed by atoms with Crippen molar-refractivity contribution in [2.45, 2.75) is 26.0 Å². The molecule has 1 rings (SSSR count). The van der Waals surface area contributed by atoms with Crippen molar-refractivity contribution in [3.63, 3.8) is 0 Å². The van der Waals surface area contributed by atoms with E-state index in [9.17, 15) is 8.42 Å². The maximum atomic E-state index is 12.0. The summed E-state index contributed by atoms with van der Waals surface area (Å²) >= 11 is 5.77. The van der Waals surface area contributed by atoms with E-state index in [4.69, 9.17) is 11.6 Å². The highest BCUT2D eigenvalue weighted by molar-refractivity contribution is 7.92. The summed E-state index contributed by atoms with van der Waals surface area (Å²) < 4.78 is 23.9. The fourth-order valence-electron chi connectivity index (χ4n) is 1.51. The topological polar surface area (TPSA) is 46.2 Å². The Morgan fingerprint density at radius 2 is 1.72 bits per heavy atom. The lowest BCUT2D eigenvalue weighted by atomic mass is 10.2. The first-order valence-corrected chi connectivity index (χ1v) is 8.13. The highest BCUT2D eigenvalue weighted by Gasteiger charge is 2.23. The van der Waals surface area contributed by atoms with E-state index >= 15 is 0 Å². The summed E-state index contributed by atoms with van der Waals surface area (Å²) in [6.45, 7) is 6.03. The summed E-state index contributed by atoms with van der Waals surface area (Å²) in [5.74, 6) is 0.292. The van der Waals surface area contributed by atoms with Crippen LogP contribution in [0, 0.1) is 5.92 Å². The minimum atomic E-state index is -3.03. The Bertz CT molecular complexity index is 468. The number of halogens is 1. The number of rotatable bonds is 6. The average molecular weight is 290 g/mol. The van der Waals surface area contributed by atoms with Crippen molar-refractivity contribution in [3.05, 3.63) is 29.3 Å². The number of anilines is 1. The SMILES string of the molecule is CC(C)C(C)S(=O)(=O)CCNc1ccc(Cl)cc1. The van der Waals surface area contributed by atoms with Crippen molar-refractivity contribution in [1.29, 1.82) is 0 Å². The number of hydrogen-bond acceptors (Lipinski definition) is 3. The molecule has 1 atom stereocenters. The minimum Gasteiger partial charge on any atom is -0.384 e. The monoisotopic (exact) mass is 289 g/mol. The fourth-order valence-corrected chi connectivity index (χ4v) is 3.22. The van der Waals surface area contributed by atoms with Gasteiger partial charge in [-0.15, -0.1) is 0 Å². The Morgan fingerprint density at radius 1 is 1.17 bits per heavy atom. The van der Waals surface area contributed by atoms with Crippen LogP contribution in [0.3, 0.4) is 0 Å². The second-order valence-electron chi connectivity index (χ2n) is 4.75. The molecule has 0 amide bonds. The Balaban J connectivity index is 2.49. The molecule has 0 fully saturated rings. The lowest BCUT2D eigenvalue weighted by Crippen LogP contribution is -2.28. The third-order valence-electron chi connectivity index (χ3n) is 3.07. The van der Waals surface area contributed by atoms with Crippen LogP contribution in [0.5, 0.6) is 0 Å². The summed E-state index contributed by atoms with van der Waals surface area (Å²) in [4.78, 5) is 0. The highest BCUT2D eigenvalue weighted by Crippen LogP contribution is 2.15. The molecule has 0 aliphatic rings. The fraction of sp³-hybridized carbons (Fsp3) is 0.538. The van der Waals surface area contributed by atoms with Crippen molar-refractivity contribution in [2.75, 3.05) is 17.6 Å². The standard InChI is InChI=1S/C13H20ClNO2S/c1-10(2)11(3)18(16,17)9-8-15-13-6-4-12(14)5-7-13/h4-7,10-11,15H,8-9H2,1-3H3. The molecule has 102 valence electrons. The van der Waals surface area contributed by atoms with Gasteiger partial charge in [0, 0.05) is 17.3 Å². The first-order chi connectivity index (χ1) is 8.33. The molecule has 1 aromatic rings. The van der Waals surface area contributed by atoms with Gasteiger partial charge in [-0.2, -0.15) is 0 Å². The quantitative estimate of drug-likeness (QED) is 0.875. The van der Waals surface area contributed by atoms with E-state index < -0.39 is 9.84 Å². The maximum Gasteiger partial charge on any atom is 0.154 e. The summed E-state index contributed by atoms with van der Waals surface area (Å²) in [6.07, 6.45) is 0. The van der Waals surface area contributed by atoms with Crippen LogP contribution in [0.4, 0.5) is 5.69 Å². The second kappa shape index (κ2) is 6.43. The summed E-state index contributed by atoms with van der Waals surface area (Å²) in [6, 6.07) is 7.21. The van der Waals surface area contributed by atoms with Gasteiger partial charge in [-0.1, -0.05) is 25.4 Å². The molecule has 1 unspecified atom stereocenters. The third-order valence-corrected chi connectivity index (χ3v) is 5.77. The van der Waals surface area contributed by atoms with Gasteiger partial charge in [-0.05, 0) is 37.1 Å². The van der Waals surface area contributed by atoms with Crippen LogP contribution in [0.1, 0.15) is 20.8 Å². The Kier molecular flexibility index (Phi) is 5.47. The molecule has 0 bridgehead atoms. The van der Waals surface area contributed by atoms with Gasteiger partial charge in [0.25, 0.3) is 0 Å². The van der Waals surface area contributed by atoms with Gasteiger partial charge in [0.05, 0.1) is 11.0 Å². The number of nitrogens with one attached hydrogen (secondary N) is 1. The summed E-state index contributed by atoms with van der Waals surface area (Å²) in [5.41, 5.74) is 0.881. The first kappa shape index (κ1) is 15.3. The van der Waals surface area contributed by atoms with Crippen LogP contribution in [-0.2, 0) is 9.84 Å². The zero-order chi connectivity index (χ0) is 13.8. The Labute approximate surface area is 114 Å². The van der Waals surface area contributed by atoms with Crippen LogP contribution >= 0.6 is 11.6 Å². The van der Waals surface area contributed by atoms with Crippen LogP contribution in [0.15, 0.2) is 24.3 Å². The molecule has 0 aliphatic carbocycles. The Morgan fingerprint density at radius 3 is 2.22 bits per heavy atom. The molecule has 1 aromatic carbocycles. The largest absolute Gasteiger partial charge is 0.384 e. The first-order valence-electron chi connectivity index (χ1n) is 6.04. The zero-order valence-electron chi connectivity index (χ0n) is 11.0. The zero-order valence-corrected chi connectivity index (χ0v) is 12.6. The van der Waals surface area contributed by atoms with Crippen LogP contribution in [0.25, 0.3) is 0 Å². The van der Waals surface area contributed by atoms with E-state index in [0.29, 0.717) is 11.6 Å². The van der Waals surface area contributed by atoms with Gasteiger partial charge in [0.2, 0.25) is 0 Å². The number of sulfone groups is 1. The third kappa shape index (κ3) is 4.50. The lowest BCUT2D eigenvalue weighted by molar-refractivity contribution is 0.546. The van der Waals surface area contributed by atoms with E-state index in [1.165, 1.54) is 0 Å². The molecule has 0 saturated heterocycles. The molecule has 5 heteroatoms. The molecule has 0 saturated carbocycles. The number of benzene rings is 1. The summed E-state index contributed by atoms with van der Waals surface area (Å²) in [7, 11) is -3.03. The molecular weight excluding hydrogens is 270 g/mol. The molecule has 0 radical (unpaired) electrons. The van der Waals surface area contributed by atoms with Gasteiger partial charge < -0.3 is 5.32 Å². The van der Waals surface area contributed by atoms with Crippen LogP contribution in [0.2, 0.25) is 5.02 Å². The van der Waals surface area contributed by atoms with Gasteiger partial charge in [-0.25, -0.2) is 8.42 Å². The second-order valence-corrected chi connectivity index (χ2v) is 7.66. The highest BCUT2D eigenvalue weighted by atomic mass is 35.5. The van der Waals surface area contributed by atoms with Gasteiger partial charge in [0.1, 0.15) is 0 Å². The van der Waals surface area contributed by atoms with E-state index in [2.05, 4.69) is 5.32 Å². The lowest BCUT2D eigenvalue weighted by Gasteiger charge is -2.16. The van der Waals surface area contributed by atoms with Gasteiger partial charge >= 0.3 is 0 Å². The van der Waals surface area contributed by atoms with E-state index in [0.717, 1.165) is 5.69 Å². The van der Waals surface area contributed by atoms with Crippen LogP contribution in [-0.4, -0.2) is 26.0 Å². The van der Waals surface area contributed by atoms with E-state index in [1.807, 2.05) is 26.0 Å². The van der Waals surface area contributed by atoms with Crippen molar-refractivity contribution in [2.24, 2.45) is 5.92 Å². The smallest absolute Gasteiger partial charge is 0.154 e. The average Bonchev–Trinajstić information content (AvgIpc) is 2.30. The molecule has 0 spiro atoms. The minimum absolute atomic E-state index is 0.144. The molecule has 0 aromatic heterocycles. The molecule has 0 aliphatic heterocycles. The molecule has 3 nitrogen and oxygen atoms in total. The molecular formula is C13H20ClNO2S. The molecule has 0 heterocycles. The molecule has 1 N–H and O–H groups in total. The van der Waals surface area contributed by atoms with Crippen LogP contribution < -0.4 is 5.32 Å². The normalized spacial score (nSPS) is 13.6. The predicted octanol–water partition coefficient (Wildman–Crippen LogP) is 3.21. The maximum absolute atomic E-state index is 12.0. The van der Waals surface area contributed by atoms with Crippen molar-refractivity contribution in [1.82, 2.24) is 0 Å². The van der Waals surface area contributed by atoms with Crippen molar-refractivity contribution >= 4 is 27.1 Å². The van der Waals surface area contributed by atoms with Crippen molar-refractivity contribution < 1.29 is 8.42 Å². The van der Waals surface area contributed by atoms with Crippen molar-refractivity contribution in [3.8, 4) is 0 Å². The molecule has 18 heavy (non-hydrogen) atoms. The van der Waals surface area contributed by atoms with E-state index in [-0.39, 0.29) is 16.9 Å². The van der Waals surface area contributed by atoms with Gasteiger partial charge in [-0.3, -0.25) is 0 Å². The van der Waals surface area contributed by atoms with Gasteiger partial charge in [0.15, 0.2) is 9.84 Å². The predicted molar refractivity (Wildman–Crippen MR) is 78.0 cm³/mol.